The SMILES string of the molecule is Cc1ccc(S(=O)(=O)NCCN2CCN(C(=O)[C@@H](N)C(C)(C)C)CC2)cc1. The summed E-state index contributed by atoms with van der Waals surface area (Å²) in [6.07, 6.45) is 0. The quantitative estimate of drug-likeness (QED) is 0.741. The van der Waals surface area contributed by atoms with E-state index in [-0.39, 0.29) is 16.2 Å². The molecule has 2 rings (SSSR count). The predicted octanol–water partition coefficient (Wildman–Crippen LogP) is 0.791. The van der Waals surface area contributed by atoms with Crippen LogP contribution in [-0.4, -0.2) is 69.4 Å². The van der Waals surface area contributed by atoms with Crippen LogP contribution in [-0.2, 0) is 14.8 Å². The van der Waals surface area contributed by atoms with E-state index < -0.39 is 16.1 Å². The van der Waals surface area contributed by atoms with Crippen molar-refractivity contribution in [3.05, 3.63) is 29.8 Å². The van der Waals surface area contributed by atoms with Crippen molar-refractivity contribution in [2.45, 2.75) is 38.6 Å². The molecule has 8 heteroatoms. The van der Waals surface area contributed by atoms with E-state index >= 15 is 0 Å². The second-order valence-corrected chi connectivity index (χ2v) is 9.99. The van der Waals surface area contributed by atoms with E-state index in [0.29, 0.717) is 26.2 Å². The van der Waals surface area contributed by atoms with Crippen LogP contribution in [0.4, 0.5) is 0 Å². The highest BCUT2D eigenvalue weighted by atomic mass is 32.2. The lowest BCUT2D eigenvalue weighted by Gasteiger charge is -2.38. The molecule has 0 spiro atoms. The highest BCUT2D eigenvalue weighted by Crippen LogP contribution is 2.19. The minimum absolute atomic E-state index is 0.0118. The van der Waals surface area contributed by atoms with Gasteiger partial charge in [0.25, 0.3) is 0 Å². The molecule has 0 radical (unpaired) electrons. The van der Waals surface area contributed by atoms with Crippen LogP contribution in [0.5, 0.6) is 0 Å². The van der Waals surface area contributed by atoms with Gasteiger partial charge in [-0.25, -0.2) is 13.1 Å². The van der Waals surface area contributed by atoms with Gasteiger partial charge in [-0.1, -0.05) is 38.5 Å². The third-order valence-electron chi connectivity index (χ3n) is 4.93. The number of hydrogen-bond acceptors (Lipinski definition) is 5. The van der Waals surface area contributed by atoms with Crippen molar-refractivity contribution in [3.63, 3.8) is 0 Å². The number of piperazine rings is 1. The van der Waals surface area contributed by atoms with Gasteiger partial charge in [-0.3, -0.25) is 9.69 Å². The van der Waals surface area contributed by atoms with E-state index in [9.17, 15) is 13.2 Å². The number of nitrogens with zero attached hydrogens (tertiary/aromatic N) is 2. The van der Waals surface area contributed by atoms with Gasteiger partial charge in [-0.2, -0.15) is 0 Å². The lowest BCUT2D eigenvalue weighted by Crippen LogP contribution is -2.56. The average Bonchev–Trinajstić information content (AvgIpc) is 2.60. The Balaban J connectivity index is 1.78. The normalized spacial score (nSPS) is 17.7. The number of nitrogens with two attached hydrogens (primary N) is 1. The molecule has 0 unspecified atom stereocenters. The van der Waals surface area contributed by atoms with Gasteiger partial charge < -0.3 is 10.6 Å². The van der Waals surface area contributed by atoms with Gasteiger partial charge in [0.05, 0.1) is 10.9 Å². The molecule has 1 aromatic rings. The van der Waals surface area contributed by atoms with E-state index in [4.69, 9.17) is 5.73 Å². The van der Waals surface area contributed by atoms with Crippen molar-refractivity contribution in [1.29, 1.82) is 0 Å². The molecule has 1 aliphatic rings. The maximum atomic E-state index is 12.5. The zero-order chi connectivity index (χ0) is 20.2. The van der Waals surface area contributed by atoms with Crippen LogP contribution in [0.2, 0.25) is 0 Å². The highest BCUT2D eigenvalue weighted by Gasteiger charge is 2.32. The second-order valence-electron chi connectivity index (χ2n) is 8.22. The summed E-state index contributed by atoms with van der Waals surface area (Å²) in [7, 11) is -3.49. The Morgan fingerprint density at radius 2 is 1.70 bits per heavy atom. The molecular weight excluding hydrogens is 364 g/mol. The lowest BCUT2D eigenvalue weighted by atomic mass is 9.86. The van der Waals surface area contributed by atoms with Crippen molar-refractivity contribution in [2.75, 3.05) is 39.3 Å². The maximum absolute atomic E-state index is 12.5. The smallest absolute Gasteiger partial charge is 0.240 e. The highest BCUT2D eigenvalue weighted by molar-refractivity contribution is 7.89. The maximum Gasteiger partial charge on any atom is 0.240 e. The van der Waals surface area contributed by atoms with Crippen LogP contribution in [0.25, 0.3) is 0 Å². The monoisotopic (exact) mass is 396 g/mol. The molecule has 0 aromatic heterocycles. The fourth-order valence-corrected chi connectivity index (χ4v) is 3.92. The van der Waals surface area contributed by atoms with E-state index in [1.165, 1.54) is 0 Å². The molecule has 1 atom stereocenters. The summed E-state index contributed by atoms with van der Waals surface area (Å²) >= 11 is 0. The number of nitrogens with one attached hydrogen (secondary N) is 1. The third-order valence-corrected chi connectivity index (χ3v) is 6.41. The first-order chi connectivity index (χ1) is 12.5. The lowest BCUT2D eigenvalue weighted by molar-refractivity contribution is -0.136. The molecule has 1 amide bonds. The number of carbonyl (C=O) groups is 1. The summed E-state index contributed by atoms with van der Waals surface area (Å²) in [4.78, 5) is 16.7. The number of benzene rings is 1. The van der Waals surface area contributed by atoms with E-state index in [1.807, 2.05) is 32.6 Å². The fraction of sp³-hybridized carbons (Fsp3) is 0.632. The van der Waals surface area contributed by atoms with Crippen LogP contribution < -0.4 is 10.5 Å². The molecule has 1 fully saturated rings. The molecule has 3 N–H and O–H groups in total. The van der Waals surface area contributed by atoms with Crippen LogP contribution in [0.15, 0.2) is 29.2 Å². The van der Waals surface area contributed by atoms with E-state index in [1.54, 1.807) is 24.3 Å². The molecule has 7 nitrogen and oxygen atoms in total. The van der Waals surface area contributed by atoms with E-state index in [0.717, 1.165) is 18.7 Å². The number of carbonyl (C=O) groups excluding carboxylic acids is 1. The first-order valence-corrected chi connectivity index (χ1v) is 10.8. The minimum Gasteiger partial charge on any atom is -0.339 e. The fourth-order valence-electron chi connectivity index (χ4n) is 2.90. The third kappa shape index (κ3) is 6.00. The van der Waals surface area contributed by atoms with Crippen molar-refractivity contribution >= 4 is 15.9 Å². The number of amides is 1. The molecular formula is C19H32N4O3S. The molecule has 0 bridgehead atoms. The zero-order valence-corrected chi connectivity index (χ0v) is 17.6. The van der Waals surface area contributed by atoms with Crippen LogP contribution in [0.1, 0.15) is 26.3 Å². The second kappa shape index (κ2) is 8.68. The summed E-state index contributed by atoms with van der Waals surface area (Å²) < 4.78 is 27.2. The molecule has 1 saturated heterocycles. The zero-order valence-electron chi connectivity index (χ0n) is 16.7. The molecule has 1 aliphatic heterocycles. The molecule has 152 valence electrons. The standard InChI is InChI=1S/C19H32N4O3S/c1-15-5-7-16(8-6-15)27(25,26)21-9-10-22-11-13-23(14-12-22)18(24)17(20)19(2,3)4/h5-8,17,21H,9-14,20H2,1-4H3/t17-/m1/s1. The summed E-state index contributed by atoms with van der Waals surface area (Å²) in [6, 6.07) is 6.28. The van der Waals surface area contributed by atoms with Gasteiger partial charge in [0.15, 0.2) is 0 Å². The first kappa shape index (κ1) is 21.8. The minimum atomic E-state index is -3.49. The number of hydrogen-bond donors (Lipinski definition) is 2. The van der Waals surface area contributed by atoms with Crippen molar-refractivity contribution in [2.24, 2.45) is 11.1 Å². The molecule has 1 heterocycles. The van der Waals surface area contributed by atoms with Gasteiger partial charge in [-0.05, 0) is 24.5 Å². The van der Waals surface area contributed by atoms with Crippen LogP contribution >= 0.6 is 0 Å². The number of rotatable bonds is 6. The van der Waals surface area contributed by atoms with Gasteiger partial charge >= 0.3 is 0 Å². The Bertz CT molecular complexity index is 733. The van der Waals surface area contributed by atoms with Crippen molar-refractivity contribution in [1.82, 2.24) is 14.5 Å². The van der Waals surface area contributed by atoms with Crippen LogP contribution in [0, 0.1) is 12.3 Å². The summed E-state index contributed by atoms with van der Waals surface area (Å²) in [5, 5.41) is 0. The predicted molar refractivity (Wildman–Crippen MR) is 107 cm³/mol. The Morgan fingerprint density at radius 3 is 2.22 bits per heavy atom. The van der Waals surface area contributed by atoms with Crippen LogP contribution in [0.3, 0.4) is 0 Å². The van der Waals surface area contributed by atoms with Crippen molar-refractivity contribution < 1.29 is 13.2 Å². The molecule has 0 aliphatic carbocycles. The Morgan fingerprint density at radius 1 is 1.15 bits per heavy atom. The van der Waals surface area contributed by atoms with Gasteiger partial charge in [0.1, 0.15) is 0 Å². The average molecular weight is 397 g/mol. The summed E-state index contributed by atoms with van der Waals surface area (Å²) in [5.74, 6) is -0.0118. The largest absolute Gasteiger partial charge is 0.339 e. The Kier molecular flexibility index (Phi) is 7.02. The molecule has 0 saturated carbocycles. The Labute approximate surface area is 163 Å². The molecule has 1 aromatic carbocycles. The summed E-state index contributed by atoms with van der Waals surface area (Å²) in [6.45, 7) is 11.4. The van der Waals surface area contributed by atoms with Crippen molar-refractivity contribution in [3.8, 4) is 0 Å². The topological polar surface area (TPSA) is 95.7 Å². The van der Waals surface area contributed by atoms with Gasteiger partial charge in [-0.15, -0.1) is 0 Å². The molecule has 27 heavy (non-hydrogen) atoms. The van der Waals surface area contributed by atoms with Gasteiger partial charge in [0.2, 0.25) is 15.9 Å². The van der Waals surface area contributed by atoms with E-state index in [2.05, 4.69) is 9.62 Å². The first-order valence-electron chi connectivity index (χ1n) is 9.34. The number of sulfonamides is 1. The Hall–Kier alpha value is -1.48. The number of aryl methyl sites for hydroxylation is 1. The van der Waals surface area contributed by atoms with Gasteiger partial charge in [0, 0.05) is 39.3 Å². The summed E-state index contributed by atoms with van der Waals surface area (Å²) in [5.41, 5.74) is 6.83.